The summed E-state index contributed by atoms with van der Waals surface area (Å²) in [5.74, 6) is 0. The summed E-state index contributed by atoms with van der Waals surface area (Å²) in [6.07, 6.45) is 4.56. The number of likely N-dealkylation sites (tertiary alicyclic amines) is 1. The fourth-order valence-corrected chi connectivity index (χ4v) is 2.68. The number of hydrogen-bond acceptors (Lipinski definition) is 5. The quantitative estimate of drug-likeness (QED) is 0.859. The average molecular weight is 298 g/mol. The predicted molar refractivity (Wildman–Crippen MR) is 78.2 cm³/mol. The van der Waals surface area contributed by atoms with Gasteiger partial charge in [-0.25, -0.2) is 9.78 Å². The van der Waals surface area contributed by atoms with Crippen molar-refractivity contribution < 1.29 is 14.3 Å². The Kier molecular flexibility index (Phi) is 4.86. The lowest BCUT2D eigenvalue weighted by molar-refractivity contribution is 0.00360. The van der Waals surface area contributed by atoms with Gasteiger partial charge in [0.2, 0.25) is 0 Å². The van der Waals surface area contributed by atoms with Gasteiger partial charge in [0, 0.05) is 18.1 Å². The standard InChI is InChI=1S/C14H22N2O3S/c1-14(2,3)19-13(17)16-8-5-4-6-11(16)10-18-12-15-7-9-20-12/h7,9,11H,4-6,8,10H2,1-3H3. The maximum absolute atomic E-state index is 12.2. The lowest BCUT2D eigenvalue weighted by Crippen LogP contribution is -2.48. The van der Waals surface area contributed by atoms with Crippen molar-refractivity contribution in [3.63, 3.8) is 0 Å². The zero-order valence-corrected chi connectivity index (χ0v) is 13.1. The fourth-order valence-electron chi connectivity index (χ4n) is 2.18. The van der Waals surface area contributed by atoms with Crippen LogP contribution in [0, 0.1) is 0 Å². The van der Waals surface area contributed by atoms with Crippen LogP contribution in [0.3, 0.4) is 0 Å². The molecule has 1 aromatic heterocycles. The molecular formula is C14H22N2O3S. The summed E-state index contributed by atoms with van der Waals surface area (Å²) in [5.41, 5.74) is -0.463. The van der Waals surface area contributed by atoms with E-state index in [1.807, 2.05) is 26.2 Å². The number of nitrogens with zero attached hydrogens (tertiary/aromatic N) is 2. The van der Waals surface area contributed by atoms with Gasteiger partial charge in [-0.05, 0) is 40.0 Å². The molecule has 20 heavy (non-hydrogen) atoms. The van der Waals surface area contributed by atoms with Gasteiger partial charge in [0.1, 0.15) is 12.2 Å². The third kappa shape index (κ3) is 4.37. The monoisotopic (exact) mass is 298 g/mol. The first-order valence-corrected chi connectivity index (χ1v) is 7.85. The van der Waals surface area contributed by atoms with Crippen LogP contribution < -0.4 is 4.74 Å². The van der Waals surface area contributed by atoms with Crippen molar-refractivity contribution in [2.45, 2.75) is 51.7 Å². The molecule has 2 heterocycles. The Balaban J connectivity index is 1.92. The van der Waals surface area contributed by atoms with Gasteiger partial charge in [-0.2, -0.15) is 0 Å². The highest BCUT2D eigenvalue weighted by Crippen LogP contribution is 2.22. The molecule has 1 amide bonds. The molecule has 112 valence electrons. The Morgan fingerprint density at radius 1 is 1.50 bits per heavy atom. The maximum Gasteiger partial charge on any atom is 0.410 e. The van der Waals surface area contributed by atoms with E-state index in [0.29, 0.717) is 11.8 Å². The number of ether oxygens (including phenoxy) is 2. The summed E-state index contributed by atoms with van der Waals surface area (Å²) < 4.78 is 11.1. The van der Waals surface area contributed by atoms with Crippen LogP contribution in [0.2, 0.25) is 0 Å². The molecule has 1 aliphatic rings. The van der Waals surface area contributed by atoms with E-state index in [-0.39, 0.29) is 12.1 Å². The van der Waals surface area contributed by atoms with Gasteiger partial charge in [0.05, 0.1) is 6.04 Å². The molecule has 0 radical (unpaired) electrons. The van der Waals surface area contributed by atoms with Crippen molar-refractivity contribution >= 4 is 17.4 Å². The van der Waals surface area contributed by atoms with E-state index < -0.39 is 5.60 Å². The number of rotatable bonds is 3. The van der Waals surface area contributed by atoms with E-state index >= 15 is 0 Å². The first-order chi connectivity index (χ1) is 9.46. The highest BCUT2D eigenvalue weighted by atomic mass is 32.1. The third-order valence-electron chi connectivity index (χ3n) is 3.06. The summed E-state index contributed by atoms with van der Waals surface area (Å²) in [6.45, 7) is 6.87. The average Bonchev–Trinajstić information content (AvgIpc) is 2.87. The summed E-state index contributed by atoms with van der Waals surface area (Å²) in [4.78, 5) is 18.1. The summed E-state index contributed by atoms with van der Waals surface area (Å²) >= 11 is 1.46. The molecule has 1 fully saturated rings. The molecule has 0 aromatic carbocycles. The van der Waals surface area contributed by atoms with E-state index in [1.54, 1.807) is 11.1 Å². The van der Waals surface area contributed by atoms with Gasteiger partial charge in [0.25, 0.3) is 5.19 Å². The molecule has 6 heteroatoms. The third-order valence-corrected chi connectivity index (χ3v) is 3.75. The number of piperidine rings is 1. The first kappa shape index (κ1) is 15.1. The second-order valence-corrected chi connectivity index (χ2v) is 6.79. The summed E-state index contributed by atoms with van der Waals surface area (Å²) in [6, 6.07) is 0.0718. The molecule has 1 saturated heterocycles. The molecule has 5 nitrogen and oxygen atoms in total. The van der Waals surface area contributed by atoms with E-state index in [4.69, 9.17) is 9.47 Å². The molecule has 2 rings (SSSR count). The van der Waals surface area contributed by atoms with E-state index in [9.17, 15) is 4.79 Å². The van der Waals surface area contributed by atoms with Crippen LogP contribution >= 0.6 is 11.3 Å². The zero-order chi connectivity index (χ0) is 14.6. The van der Waals surface area contributed by atoms with Gasteiger partial charge in [0.15, 0.2) is 0 Å². The van der Waals surface area contributed by atoms with Crippen LogP contribution in [0.1, 0.15) is 40.0 Å². The topological polar surface area (TPSA) is 51.7 Å². The number of hydrogen-bond donors (Lipinski definition) is 0. The van der Waals surface area contributed by atoms with Crippen LogP contribution in [0.25, 0.3) is 0 Å². The number of carbonyl (C=O) groups excluding carboxylic acids is 1. The Labute approximate surface area is 123 Å². The van der Waals surface area contributed by atoms with Crippen molar-refractivity contribution in [1.29, 1.82) is 0 Å². The van der Waals surface area contributed by atoms with E-state index in [0.717, 1.165) is 25.8 Å². The Morgan fingerprint density at radius 3 is 2.95 bits per heavy atom. The van der Waals surface area contributed by atoms with Crippen molar-refractivity contribution in [2.24, 2.45) is 0 Å². The molecule has 1 atom stereocenters. The lowest BCUT2D eigenvalue weighted by atomic mass is 10.0. The largest absolute Gasteiger partial charge is 0.468 e. The zero-order valence-electron chi connectivity index (χ0n) is 12.3. The first-order valence-electron chi connectivity index (χ1n) is 6.97. The molecule has 0 spiro atoms. The number of carbonyl (C=O) groups is 1. The van der Waals surface area contributed by atoms with Crippen LogP contribution in [0.15, 0.2) is 11.6 Å². The molecule has 0 bridgehead atoms. The lowest BCUT2D eigenvalue weighted by Gasteiger charge is -2.36. The molecule has 0 aliphatic carbocycles. The van der Waals surface area contributed by atoms with Gasteiger partial charge < -0.3 is 14.4 Å². The van der Waals surface area contributed by atoms with Gasteiger partial charge >= 0.3 is 6.09 Å². The molecular weight excluding hydrogens is 276 g/mol. The Bertz CT molecular complexity index is 428. The maximum atomic E-state index is 12.2. The Morgan fingerprint density at radius 2 is 2.30 bits per heavy atom. The number of thiazole rings is 1. The van der Waals surface area contributed by atoms with Crippen LogP contribution in [0.4, 0.5) is 4.79 Å². The second kappa shape index (κ2) is 6.43. The van der Waals surface area contributed by atoms with Gasteiger partial charge in [-0.1, -0.05) is 11.3 Å². The minimum absolute atomic E-state index is 0.0718. The second-order valence-electron chi connectivity index (χ2n) is 5.93. The van der Waals surface area contributed by atoms with Crippen LogP contribution in [-0.4, -0.2) is 40.8 Å². The van der Waals surface area contributed by atoms with E-state index in [2.05, 4.69) is 4.98 Å². The highest BCUT2D eigenvalue weighted by Gasteiger charge is 2.30. The Hall–Kier alpha value is -1.30. The van der Waals surface area contributed by atoms with Crippen molar-refractivity contribution in [3.05, 3.63) is 11.6 Å². The van der Waals surface area contributed by atoms with Crippen molar-refractivity contribution in [2.75, 3.05) is 13.2 Å². The molecule has 1 aromatic rings. The predicted octanol–water partition coefficient (Wildman–Crippen LogP) is 3.31. The SMILES string of the molecule is CC(C)(C)OC(=O)N1CCCCC1COc1nccs1. The smallest absolute Gasteiger partial charge is 0.410 e. The number of amides is 1. The molecule has 0 saturated carbocycles. The van der Waals surface area contributed by atoms with Gasteiger partial charge in [-0.15, -0.1) is 0 Å². The molecule has 1 aliphatic heterocycles. The van der Waals surface area contributed by atoms with Crippen LogP contribution in [0.5, 0.6) is 5.19 Å². The van der Waals surface area contributed by atoms with Crippen molar-refractivity contribution in [1.82, 2.24) is 9.88 Å². The minimum atomic E-state index is -0.463. The normalized spacial score (nSPS) is 19.8. The van der Waals surface area contributed by atoms with E-state index in [1.165, 1.54) is 11.3 Å². The number of aromatic nitrogens is 1. The highest BCUT2D eigenvalue weighted by molar-refractivity contribution is 7.11. The van der Waals surface area contributed by atoms with Crippen molar-refractivity contribution in [3.8, 4) is 5.19 Å². The minimum Gasteiger partial charge on any atom is -0.468 e. The summed E-state index contributed by atoms with van der Waals surface area (Å²) in [7, 11) is 0. The molecule has 1 unspecified atom stereocenters. The summed E-state index contributed by atoms with van der Waals surface area (Å²) in [5, 5.41) is 2.53. The van der Waals surface area contributed by atoms with Crippen LogP contribution in [-0.2, 0) is 4.74 Å². The van der Waals surface area contributed by atoms with Gasteiger partial charge in [-0.3, -0.25) is 0 Å². The fraction of sp³-hybridized carbons (Fsp3) is 0.714. The molecule has 0 N–H and O–H groups in total.